The number of hydrogen-bond donors (Lipinski definition) is 2. The lowest BCUT2D eigenvalue weighted by Crippen LogP contribution is -2.12. The normalized spacial score (nSPS) is 10.9. The van der Waals surface area contributed by atoms with Crippen LogP contribution >= 0.6 is 0 Å². The van der Waals surface area contributed by atoms with E-state index in [9.17, 15) is 9.59 Å². The molecule has 6 heteroatoms. The van der Waals surface area contributed by atoms with Crippen LogP contribution in [0.25, 0.3) is 33.9 Å². The molecule has 0 saturated carbocycles. The van der Waals surface area contributed by atoms with Crippen molar-refractivity contribution in [1.82, 2.24) is 19.6 Å². The Kier molecular flexibility index (Phi) is 4.29. The molecule has 0 amide bonds. The van der Waals surface area contributed by atoms with Gasteiger partial charge in [0.05, 0.1) is 22.8 Å². The van der Waals surface area contributed by atoms with Crippen LogP contribution in [0, 0.1) is 0 Å². The number of nitrogens with one attached hydrogen (secondary N) is 2. The molecule has 2 heterocycles. The molecule has 0 spiro atoms. The molecule has 6 nitrogen and oxygen atoms in total. The maximum absolute atomic E-state index is 12.5. The molecule has 30 heavy (non-hydrogen) atoms. The van der Waals surface area contributed by atoms with Gasteiger partial charge in [0.1, 0.15) is 0 Å². The molecule has 2 N–H and O–H groups in total. The summed E-state index contributed by atoms with van der Waals surface area (Å²) in [5.74, 6) is 0. The lowest BCUT2D eigenvalue weighted by Gasteiger charge is -2.05. The van der Waals surface area contributed by atoms with Gasteiger partial charge in [-0.3, -0.25) is 19.8 Å². The van der Waals surface area contributed by atoms with Gasteiger partial charge >= 0.3 is 0 Å². The second kappa shape index (κ2) is 7.25. The second-order valence-corrected chi connectivity index (χ2v) is 6.94. The van der Waals surface area contributed by atoms with Crippen molar-refractivity contribution >= 4 is 0 Å². The van der Waals surface area contributed by atoms with Crippen molar-refractivity contribution in [3.63, 3.8) is 0 Å². The number of aromatic amines is 2. The summed E-state index contributed by atoms with van der Waals surface area (Å²) < 4.78 is 3.02. The van der Waals surface area contributed by atoms with Gasteiger partial charge in [0.15, 0.2) is 0 Å². The van der Waals surface area contributed by atoms with Crippen LogP contribution in [0.3, 0.4) is 0 Å². The number of para-hydroxylation sites is 2. The molecule has 0 fully saturated rings. The molecule has 0 bridgehead atoms. The first-order valence-electron chi connectivity index (χ1n) is 9.55. The molecule has 3 aromatic carbocycles. The third-order valence-electron chi connectivity index (χ3n) is 4.95. The fourth-order valence-electron chi connectivity index (χ4n) is 3.48. The van der Waals surface area contributed by atoms with Crippen LogP contribution in [0.4, 0.5) is 0 Å². The smallest absolute Gasteiger partial charge is 0.271 e. The lowest BCUT2D eigenvalue weighted by atomic mass is 10.1. The monoisotopic (exact) mass is 394 g/mol. The molecule has 0 saturated heterocycles. The predicted octanol–water partition coefficient (Wildman–Crippen LogP) is 3.98. The van der Waals surface area contributed by atoms with Crippen molar-refractivity contribution in [2.45, 2.75) is 0 Å². The Balaban J connectivity index is 1.54. The van der Waals surface area contributed by atoms with Crippen LogP contribution in [-0.4, -0.2) is 19.6 Å². The summed E-state index contributed by atoms with van der Waals surface area (Å²) in [6.07, 6.45) is 0. The van der Waals surface area contributed by atoms with E-state index in [1.807, 2.05) is 84.9 Å². The minimum absolute atomic E-state index is 0.134. The van der Waals surface area contributed by atoms with E-state index in [1.54, 1.807) is 12.1 Å². The average molecular weight is 394 g/mol. The molecule has 5 aromatic rings. The minimum Gasteiger partial charge on any atom is -0.290 e. The molecule has 146 valence electrons. The van der Waals surface area contributed by atoms with E-state index in [0.29, 0.717) is 11.4 Å². The zero-order chi connectivity index (χ0) is 20.5. The van der Waals surface area contributed by atoms with Crippen molar-refractivity contribution in [1.29, 1.82) is 0 Å². The first-order chi connectivity index (χ1) is 14.7. The molecule has 0 aliphatic carbocycles. The largest absolute Gasteiger partial charge is 0.290 e. The number of benzene rings is 3. The number of aromatic nitrogens is 4. The number of nitrogens with zero attached hydrogens (tertiary/aromatic N) is 2. The van der Waals surface area contributed by atoms with Gasteiger partial charge in [0.25, 0.3) is 11.1 Å². The van der Waals surface area contributed by atoms with Gasteiger partial charge < -0.3 is 0 Å². The Morgan fingerprint density at radius 1 is 0.500 bits per heavy atom. The van der Waals surface area contributed by atoms with Crippen LogP contribution in [0.5, 0.6) is 0 Å². The van der Waals surface area contributed by atoms with Gasteiger partial charge in [-0.25, -0.2) is 9.36 Å². The quantitative estimate of drug-likeness (QED) is 0.484. The lowest BCUT2D eigenvalue weighted by molar-refractivity contribution is 0.851. The van der Waals surface area contributed by atoms with Gasteiger partial charge in [0.2, 0.25) is 0 Å². The van der Waals surface area contributed by atoms with Gasteiger partial charge in [-0.05, 0) is 30.3 Å². The molecule has 0 atom stereocenters. The van der Waals surface area contributed by atoms with Crippen molar-refractivity contribution in [3.8, 4) is 33.9 Å². The summed E-state index contributed by atoms with van der Waals surface area (Å²) in [5, 5.41) is 6.32. The van der Waals surface area contributed by atoms with E-state index in [4.69, 9.17) is 0 Å². The van der Waals surface area contributed by atoms with Crippen LogP contribution in [0.15, 0.2) is 107 Å². The third kappa shape index (κ3) is 3.20. The molecule has 2 aromatic heterocycles. The Morgan fingerprint density at radius 3 is 1.37 bits per heavy atom. The van der Waals surface area contributed by atoms with E-state index in [1.165, 1.54) is 9.36 Å². The third-order valence-corrected chi connectivity index (χ3v) is 4.95. The summed E-state index contributed by atoms with van der Waals surface area (Å²) in [5.41, 5.74) is 4.39. The van der Waals surface area contributed by atoms with Crippen molar-refractivity contribution in [2.75, 3.05) is 0 Å². The maximum Gasteiger partial charge on any atom is 0.271 e. The first-order valence-corrected chi connectivity index (χ1v) is 9.55. The summed E-state index contributed by atoms with van der Waals surface area (Å²) in [6.45, 7) is 0. The van der Waals surface area contributed by atoms with Crippen molar-refractivity contribution in [2.24, 2.45) is 0 Å². The standard InChI is InChI=1S/C24H18N4O2/c29-23-15-21(25-27(23)19-10-3-1-4-11-19)17-8-7-9-18(14-17)22-16-24(30)28(26-22)20-12-5-2-6-13-20/h1-16,25-26H. The highest BCUT2D eigenvalue weighted by Crippen LogP contribution is 2.24. The summed E-state index contributed by atoms with van der Waals surface area (Å²) in [7, 11) is 0. The van der Waals surface area contributed by atoms with Gasteiger partial charge in [-0.1, -0.05) is 54.6 Å². The van der Waals surface area contributed by atoms with Crippen molar-refractivity contribution < 1.29 is 0 Å². The van der Waals surface area contributed by atoms with Crippen molar-refractivity contribution in [3.05, 3.63) is 118 Å². The number of rotatable bonds is 4. The second-order valence-electron chi connectivity index (χ2n) is 6.94. The first kappa shape index (κ1) is 17.8. The minimum atomic E-state index is -0.134. The Bertz CT molecular complexity index is 1320. The van der Waals surface area contributed by atoms with Crippen LogP contribution < -0.4 is 11.1 Å². The van der Waals surface area contributed by atoms with Crippen LogP contribution in [0.1, 0.15) is 0 Å². The fourth-order valence-corrected chi connectivity index (χ4v) is 3.48. The topological polar surface area (TPSA) is 75.6 Å². The average Bonchev–Trinajstić information content (AvgIpc) is 3.38. The molecule has 0 unspecified atom stereocenters. The molecule has 0 radical (unpaired) electrons. The van der Waals surface area contributed by atoms with Gasteiger partial charge in [-0.2, -0.15) is 0 Å². The molecular weight excluding hydrogens is 376 g/mol. The van der Waals surface area contributed by atoms with E-state index in [0.717, 1.165) is 22.5 Å². The van der Waals surface area contributed by atoms with E-state index in [-0.39, 0.29) is 11.1 Å². The maximum atomic E-state index is 12.5. The molecule has 0 aliphatic rings. The fraction of sp³-hybridized carbons (Fsp3) is 0. The van der Waals surface area contributed by atoms with Crippen LogP contribution in [0.2, 0.25) is 0 Å². The number of H-pyrrole nitrogens is 2. The summed E-state index contributed by atoms with van der Waals surface area (Å²) in [6, 6.07) is 29.7. The van der Waals surface area contributed by atoms with E-state index in [2.05, 4.69) is 10.2 Å². The van der Waals surface area contributed by atoms with E-state index < -0.39 is 0 Å². The summed E-state index contributed by atoms with van der Waals surface area (Å²) >= 11 is 0. The SMILES string of the molecule is O=c1cc(-c2cccc(-c3cc(=O)n(-c4ccccc4)[nH]3)c2)[nH]n1-c1ccccc1. The Morgan fingerprint density at radius 2 is 0.933 bits per heavy atom. The number of hydrogen-bond acceptors (Lipinski definition) is 2. The predicted molar refractivity (Wildman–Crippen MR) is 117 cm³/mol. The molecule has 5 rings (SSSR count). The van der Waals surface area contributed by atoms with E-state index >= 15 is 0 Å². The highest BCUT2D eigenvalue weighted by Gasteiger charge is 2.10. The summed E-state index contributed by atoms with van der Waals surface area (Å²) in [4.78, 5) is 24.9. The van der Waals surface area contributed by atoms with Gasteiger partial charge in [-0.15, -0.1) is 0 Å². The molecule has 0 aliphatic heterocycles. The Hall–Kier alpha value is -4.32. The molecular formula is C24H18N4O2. The highest BCUT2D eigenvalue weighted by molar-refractivity contribution is 5.69. The van der Waals surface area contributed by atoms with Gasteiger partial charge in [0, 0.05) is 23.3 Å². The zero-order valence-electron chi connectivity index (χ0n) is 15.9. The zero-order valence-corrected chi connectivity index (χ0v) is 15.9. The Labute approximate surface area is 171 Å². The highest BCUT2D eigenvalue weighted by atomic mass is 16.1. The van der Waals surface area contributed by atoms with Crippen LogP contribution in [-0.2, 0) is 0 Å².